The molecule has 3 nitrogen and oxygen atoms in total. The smallest absolute Gasteiger partial charge is 0.316 e. The summed E-state index contributed by atoms with van der Waals surface area (Å²) in [7, 11) is 0. The second kappa shape index (κ2) is 8.60. The molecule has 27 heavy (non-hydrogen) atoms. The van der Waals surface area contributed by atoms with Gasteiger partial charge in [0.1, 0.15) is 17.1 Å². The first kappa shape index (κ1) is 21.0. The van der Waals surface area contributed by atoms with E-state index in [1.807, 2.05) is 57.2 Å². The molecule has 146 valence electrons. The van der Waals surface area contributed by atoms with Gasteiger partial charge in [0.15, 0.2) is 0 Å². The van der Waals surface area contributed by atoms with Crippen LogP contribution in [0.4, 0.5) is 0 Å². The van der Waals surface area contributed by atoms with Crippen molar-refractivity contribution in [2.45, 2.75) is 66.4 Å². The molecule has 2 aromatic rings. The summed E-state index contributed by atoms with van der Waals surface area (Å²) in [6.45, 7) is 12.1. The van der Waals surface area contributed by atoms with Gasteiger partial charge in [-0.05, 0) is 82.3 Å². The third-order valence-corrected chi connectivity index (χ3v) is 5.15. The van der Waals surface area contributed by atoms with Gasteiger partial charge in [0.25, 0.3) is 0 Å². The fourth-order valence-corrected chi connectivity index (χ4v) is 2.37. The van der Waals surface area contributed by atoms with Gasteiger partial charge in [0, 0.05) is 0 Å². The highest BCUT2D eigenvalue weighted by molar-refractivity contribution is 5.78. The monoisotopic (exact) mass is 368 g/mol. The summed E-state index contributed by atoms with van der Waals surface area (Å²) in [5.41, 5.74) is 1.77. The molecule has 0 aliphatic rings. The molecule has 2 aromatic carbocycles. The van der Waals surface area contributed by atoms with Crippen molar-refractivity contribution in [3.05, 3.63) is 59.7 Å². The van der Waals surface area contributed by atoms with E-state index in [0.717, 1.165) is 25.0 Å². The molecule has 0 saturated heterocycles. The van der Waals surface area contributed by atoms with E-state index in [4.69, 9.17) is 9.47 Å². The van der Waals surface area contributed by atoms with Gasteiger partial charge >= 0.3 is 5.97 Å². The molecule has 0 atom stereocenters. The van der Waals surface area contributed by atoms with Crippen molar-refractivity contribution in [3.63, 3.8) is 0 Å². The van der Waals surface area contributed by atoms with Crippen LogP contribution in [0.15, 0.2) is 48.5 Å². The van der Waals surface area contributed by atoms with Crippen LogP contribution in [0, 0.1) is 5.41 Å². The largest absolute Gasteiger partial charge is 0.488 e. The van der Waals surface area contributed by atoms with Crippen molar-refractivity contribution in [1.29, 1.82) is 0 Å². The summed E-state index contributed by atoms with van der Waals surface area (Å²) in [6.07, 6.45) is 2.53. The standard InChI is InChI=1S/C24H32O3/c1-7-23(3,4)22(25)26-20-13-9-18(10-14-20)17-19-11-15-21(16-12-19)27-24(5,6)8-2/h9-16H,7-8,17H2,1-6H3. The zero-order valence-electron chi connectivity index (χ0n) is 17.5. The maximum atomic E-state index is 12.2. The van der Waals surface area contributed by atoms with E-state index in [9.17, 15) is 4.79 Å². The van der Waals surface area contributed by atoms with E-state index in [2.05, 4.69) is 32.9 Å². The number of benzene rings is 2. The van der Waals surface area contributed by atoms with Crippen LogP contribution < -0.4 is 9.47 Å². The van der Waals surface area contributed by atoms with Gasteiger partial charge in [-0.25, -0.2) is 0 Å². The molecule has 2 rings (SSSR count). The normalized spacial score (nSPS) is 11.9. The third kappa shape index (κ3) is 6.13. The Balaban J connectivity index is 1.97. The van der Waals surface area contributed by atoms with Crippen molar-refractivity contribution in [2.75, 3.05) is 0 Å². The van der Waals surface area contributed by atoms with Gasteiger partial charge in [-0.3, -0.25) is 4.79 Å². The van der Waals surface area contributed by atoms with Gasteiger partial charge in [0.05, 0.1) is 5.41 Å². The Morgan fingerprint density at radius 2 is 1.26 bits per heavy atom. The van der Waals surface area contributed by atoms with Crippen LogP contribution in [-0.2, 0) is 11.2 Å². The molecule has 0 saturated carbocycles. The van der Waals surface area contributed by atoms with E-state index in [1.165, 1.54) is 11.1 Å². The second-order valence-corrected chi connectivity index (χ2v) is 8.31. The molecule has 0 heterocycles. The topological polar surface area (TPSA) is 35.5 Å². The molecule has 0 spiro atoms. The predicted octanol–water partition coefficient (Wildman–Crippen LogP) is 6.19. The summed E-state index contributed by atoms with van der Waals surface area (Å²) in [6, 6.07) is 16.0. The quantitative estimate of drug-likeness (QED) is 0.412. The highest BCUT2D eigenvalue weighted by atomic mass is 16.5. The molecule has 0 unspecified atom stereocenters. The SMILES string of the molecule is CCC(C)(C)Oc1ccc(Cc2ccc(OC(=O)C(C)(C)CC)cc2)cc1. The van der Waals surface area contributed by atoms with Crippen LogP contribution in [-0.4, -0.2) is 11.6 Å². The van der Waals surface area contributed by atoms with Crippen molar-refractivity contribution in [2.24, 2.45) is 5.41 Å². The summed E-state index contributed by atoms with van der Waals surface area (Å²) in [4.78, 5) is 12.2. The van der Waals surface area contributed by atoms with Crippen LogP contribution in [0.2, 0.25) is 0 Å². The molecular weight excluding hydrogens is 336 g/mol. The lowest BCUT2D eigenvalue weighted by Gasteiger charge is -2.24. The van der Waals surface area contributed by atoms with E-state index in [1.54, 1.807) is 0 Å². The van der Waals surface area contributed by atoms with Crippen LogP contribution in [0.25, 0.3) is 0 Å². The number of ether oxygens (including phenoxy) is 2. The first-order valence-corrected chi connectivity index (χ1v) is 9.74. The van der Waals surface area contributed by atoms with Crippen molar-refractivity contribution >= 4 is 5.97 Å². The van der Waals surface area contributed by atoms with Gasteiger partial charge in [-0.15, -0.1) is 0 Å². The summed E-state index contributed by atoms with van der Waals surface area (Å²) in [5.74, 6) is 1.30. The van der Waals surface area contributed by atoms with Gasteiger partial charge in [0.2, 0.25) is 0 Å². The highest BCUT2D eigenvalue weighted by Crippen LogP contribution is 2.25. The Morgan fingerprint density at radius 1 is 0.778 bits per heavy atom. The first-order chi connectivity index (χ1) is 12.6. The number of hydrogen-bond donors (Lipinski definition) is 0. The number of esters is 1. The number of hydrogen-bond acceptors (Lipinski definition) is 3. The number of carbonyl (C=O) groups excluding carboxylic acids is 1. The van der Waals surface area contributed by atoms with E-state index in [0.29, 0.717) is 5.75 Å². The van der Waals surface area contributed by atoms with Crippen LogP contribution in [0.5, 0.6) is 11.5 Å². The lowest BCUT2D eigenvalue weighted by molar-refractivity contribution is -0.144. The third-order valence-electron chi connectivity index (χ3n) is 5.15. The molecule has 0 radical (unpaired) electrons. The molecule has 0 N–H and O–H groups in total. The predicted molar refractivity (Wildman–Crippen MR) is 110 cm³/mol. The maximum Gasteiger partial charge on any atom is 0.316 e. The second-order valence-electron chi connectivity index (χ2n) is 8.31. The van der Waals surface area contributed by atoms with E-state index < -0.39 is 5.41 Å². The Hall–Kier alpha value is -2.29. The average molecular weight is 369 g/mol. The lowest BCUT2D eigenvalue weighted by Crippen LogP contribution is -2.28. The molecule has 3 heteroatoms. The minimum Gasteiger partial charge on any atom is -0.488 e. The van der Waals surface area contributed by atoms with Gasteiger partial charge < -0.3 is 9.47 Å². The van der Waals surface area contributed by atoms with Crippen molar-refractivity contribution in [3.8, 4) is 11.5 Å². The van der Waals surface area contributed by atoms with Crippen LogP contribution in [0.1, 0.15) is 65.5 Å². The molecule has 0 bridgehead atoms. The number of rotatable bonds is 8. The zero-order valence-corrected chi connectivity index (χ0v) is 17.5. The van der Waals surface area contributed by atoms with Crippen LogP contribution in [0.3, 0.4) is 0 Å². The molecular formula is C24H32O3. The molecule has 0 aliphatic carbocycles. The minimum atomic E-state index is -0.463. The van der Waals surface area contributed by atoms with Gasteiger partial charge in [-0.1, -0.05) is 38.1 Å². The first-order valence-electron chi connectivity index (χ1n) is 9.74. The maximum absolute atomic E-state index is 12.2. The fraction of sp³-hybridized carbons (Fsp3) is 0.458. The zero-order chi connectivity index (χ0) is 20.1. The van der Waals surface area contributed by atoms with E-state index in [-0.39, 0.29) is 11.6 Å². The van der Waals surface area contributed by atoms with Gasteiger partial charge in [-0.2, -0.15) is 0 Å². The Kier molecular flexibility index (Phi) is 6.69. The minimum absolute atomic E-state index is 0.152. The van der Waals surface area contributed by atoms with Crippen molar-refractivity contribution < 1.29 is 14.3 Å². The summed E-state index contributed by atoms with van der Waals surface area (Å²) >= 11 is 0. The fourth-order valence-electron chi connectivity index (χ4n) is 2.37. The Morgan fingerprint density at radius 3 is 1.70 bits per heavy atom. The highest BCUT2D eigenvalue weighted by Gasteiger charge is 2.27. The van der Waals surface area contributed by atoms with Crippen LogP contribution >= 0.6 is 0 Å². The van der Waals surface area contributed by atoms with E-state index >= 15 is 0 Å². The summed E-state index contributed by atoms with van der Waals surface area (Å²) in [5, 5.41) is 0. The van der Waals surface area contributed by atoms with Crippen molar-refractivity contribution in [1.82, 2.24) is 0 Å². The average Bonchev–Trinajstić information content (AvgIpc) is 2.64. The number of carbonyl (C=O) groups is 1. The Labute approximate surface area is 163 Å². The molecule has 0 aliphatic heterocycles. The molecule has 0 amide bonds. The Bertz CT molecular complexity index is 740. The lowest BCUT2D eigenvalue weighted by atomic mass is 9.91. The molecule has 0 fully saturated rings. The molecule has 0 aromatic heterocycles. The summed E-state index contributed by atoms with van der Waals surface area (Å²) < 4.78 is 11.5.